The van der Waals surface area contributed by atoms with Gasteiger partial charge in [0.2, 0.25) is 10.0 Å². The predicted octanol–water partition coefficient (Wildman–Crippen LogP) is -0.0230. The minimum absolute atomic E-state index is 0.107. The molecule has 7 nitrogen and oxygen atoms in total. The van der Waals surface area contributed by atoms with Crippen molar-refractivity contribution < 1.29 is 23.1 Å². The number of hydrogen-bond acceptors (Lipinski definition) is 5. The van der Waals surface area contributed by atoms with E-state index in [4.69, 9.17) is 0 Å². The monoisotopic (exact) mass is 341 g/mol. The summed E-state index contributed by atoms with van der Waals surface area (Å²) in [5.41, 5.74) is 0.183. The highest BCUT2D eigenvalue weighted by atomic mass is 32.2. The molecule has 1 rings (SSSR count). The number of aliphatic carboxylic acids is 1. The van der Waals surface area contributed by atoms with E-state index in [1.54, 1.807) is 0 Å². The Morgan fingerprint density at radius 2 is 1.61 bits per heavy atom. The fraction of sp³-hybridized carbons (Fsp3) is 0.467. The second-order valence-corrected chi connectivity index (χ2v) is 6.92. The van der Waals surface area contributed by atoms with Gasteiger partial charge in [0.15, 0.2) is 0 Å². The van der Waals surface area contributed by atoms with E-state index >= 15 is 0 Å². The third-order valence-electron chi connectivity index (χ3n) is 3.09. The molecule has 128 valence electrons. The molecule has 1 aromatic rings. The van der Waals surface area contributed by atoms with Crippen molar-refractivity contribution in [2.45, 2.75) is 31.6 Å². The van der Waals surface area contributed by atoms with E-state index in [1.165, 1.54) is 28.6 Å². The molecule has 0 aliphatic rings. The van der Waals surface area contributed by atoms with Gasteiger partial charge in [0.25, 0.3) is 5.91 Å². The lowest BCUT2D eigenvalue weighted by molar-refractivity contribution is -0.303. The van der Waals surface area contributed by atoms with Crippen LogP contribution < -0.4 is 10.4 Å². The summed E-state index contributed by atoms with van der Waals surface area (Å²) < 4.78 is 26.5. The van der Waals surface area contributed by atoms with E-state index in [2.05, 4.69) is 5.32 Å². The number of nitrogens with zero attached hydrogens (tertiary/aromatic N) is 1. The Balaban J connectivity index is 2.93. The molecule has 0 spiro atoms. The van der Waals surface area contributed by atoms with E-state index in [1.807, 2.05) is 13.8 Å². The van der Waals surface area contributed by atoms with E-state index in [0.29, 0.717) is 25.9 Å². The first-order valence-electron chi connectivity index (χ1n) is 7.41. The number of carbonyl (C=O) groups is 2. The van der Waals surface area contributed by atoms with Gasteiger partial charge in [-0.3, -0.25) is 4.79 Å². The van der Waals surface area contributed by atoms with Crippen LogP contribution in [0.3, 0.4) is 0 Å². The molecule has 0 unspecified atom stereocenters. The first-order valence-corrected chi connectivity index (χ1v) is 8.85. The highest BCUT2D eigenvalue weighted by Gasteiger charge is 2.23. The van der Waals surface area contributed by atoms with Crippen LogP contribution in [0.5, 0.6) is 0 Å². The van der Waals surface area contributed by atoms with Gasteiger partial charge in [-0.1, -0.05) is 13.8 Å². The van der Waals surface area contributed by atoms with Crippen molar-refractivity contribution in [3.63, 3.8) is 0 Å². The molecule has 0 bridgehead atoms. The average molecular weight is 341 g/mol. The van der Waals surface area contributed by atoms with Crippen molar-refractivity contribution in [2.75, 3.05) is 19.6 Å². The molecule has 8 heteroatoms. The SMILES string of the molecule is CCCN(CCC)S(=O)(=O)c1ccc(C(=O)NCC(=O)[O-])cc1. The minimum atomic E-state index is -3.60. The lowest BCUT2D eigenvalue weighted by Crippen LogP contribution is -2.37. The van der Waals surface area contributed by atoms with Crippen LogP contribution >= 0.6 is 0 Å². The molecule has 0 radical (unpaired) electrons. The van der Waals surface area contributed by atoms with Crippen LogP contribution in [0.25, 0.3) is 0 Å². The van der Waals surface area contributed by atoms with Crippen molar-refractivity contribution in [3.8, 4) is 0 Å². The maximum atomic E-state index is 12.5. The summed E-state index contributed by atoms with van der Waals surface area (Å²) in [6.07, 6.45) is 1.42. The standard InChI is InChI=1S/C15H22N2O5S/c1-3-9-17(10-4-2)23(21,22)13-7-5-12(6-8-13)15(20)16-11-14(18)19/h5-8H,3-4,9-11H2,1-2H3,(H,16,20)(H,18,19)/p-1. The second kappa shape index (κ2) is 8.64. The molecule has 0 saturated heterocycles. The fourth-order valence-corrected chi connectivity index (χ4v) is 3.66. The molecular formula is C15H21N2O5S-. The number of carbonyl (C=O) groups excluding carboxylic acids is 2. The third-order valence-corrected chi connectivity index (χ3v) is 5.01. The molecule has 1 aromatic carbocycles. The quantitative estimate of drug-likeness (QED) is 0.679. The van der Waals surface area contributed by atoms with Gasteiger partial charge in [-0.25, -0.2) is 8.42 Å². The van der Waals surface area contributed by atoms with E-state index in [9.17, 15) is 23.1 Å². The Bertz CT molecular complexity index is 634. The molecule has 1 amide bonds. The van der Waals surface area contributed by atoms with E-state index < -0.39 is 28.4 Å². The summed E-state index contributed by atoms with van der Waals surface area (Å²) >= 11 is 0. The first kappa shape index (κ1) is 19.1. The normalized spacial score (nSPS) is 11.4. The van der Waals surface area contributed by atoms with Gasteiger partial charge in [-0.2, -0.15) is 4.31 Å². The lowest BCUT2D eigenvalue weighted by Gasteiger charge is -2.21. The smallest absolute Gasteiger partial charge is 0.251 e. The number of amides is 1. The Morgan fingerprint density at radius 1 is 1.09 bits per heavy atom. The molecular weight excluding hydrogens is 320 g/mol. The molecule has 0 aromatic heterocycles. The Hall–Kier alpha value is -1.93. The van der Waals surface area contributed by atoms with Crippen molar-refractivity contribution >= 4 is 21.9 Å². The van der Waals surface area contributed by atoms with Crippen molar-refractivity contribution in [1.29, 1.82) is 0 Å². The van der Waals surface area contributed by atoms with Crippen molar-refractivity contribution in [3.05, 3.63) is 29.8 Å². The van der Waals surface area contributed by atoms with Crippen LogP contribution in [-0.4, -0.2) is 44.2 Å². The molecule has 23 heavy (non-hydrogen) atoms. The topological polar surface area (TPSA) is 107 Å². The number of carboxylic acid groups (broad SMARTS) is 1. The molecule has 0 aliphatic carbocycles. The summed E-state index contributed by atoms with van der Waals surface area (Å²) in [7, 11) is -3.60. The zero-order valence-electron chi connectivity index (χ0n) is 13.2. The van der Waals surface area contributed by atoms with Crippen LogP contribution in [0, 0.1) is 0 Å². The fourth-order valence-electron chi connectivity index (χ4n) is 2.03. The van der Waals surface area contributed by atoms with Crippen molar-refractivity contribution in [2.24, 2.45) is 0 Å². The molecule has 0 saturated carbocycles. The molecule has 0 fully saturated rings. The number of carboxylic acids is 1. The van der Waals surface area contributed by atoms with Crippen LogP contribution in [0.2, 0.25) is 0 Å². The van der Waals surface area contributed by atoms with E-state index in [-0.39, 0.29) is 10.5 Å². The summed E-state index contributed by atoms with van der Waals surface area (Å²) in [5, 5.41) is 12.5. The molecule has 0 atom stereocenters. The number of sulfonamides is 1. The van der Waals surface area contributed by atoms with Gasteiger partial charge in [0.1, 0.15) is 0 Å². The summed E-state index contributed by atoms with van der Waals surface area (Å²) in [5.74, 6) is -2.00. The largest absolute Gasteiger partial charge is 0.548 e. The van der Waals surface area contributed by atoms with Gasteiger partial charge < -0.3 is 15.2 Å². The van der Waals surface area contributed by atoms with Gasteiger partial charge in [-0.05, 0) is 37.1 Å². The predicted molar refractivity (Wildman–Crippen MR) is 83.1 cm³/mol. The third kappa shape index (κ3) is 5.33. The molecule has 0 aliphatic heterocycles. The summed E-state index contributed by atoms with van der Waals surface area (Å²) in [6.45, 7) is 4.08. The number of hydrogen-bond donors (Lipinski definition) is 1. The van der Waals surface area contributed by atoms with Crippen LogP contribution in [-0.2, 0) is 14.8 Å². The van der Waals surface area contributed by atoms with E-state index in [0.717, 1.165) is 0 Å². The zero-order chi connectivity index (χ0) is 17.5. The number of benzene rings is 1. The van der Waals surface area contributed by atoms with Crippen LogP contribution in [0.1, 0.15) is 37.0 Å². The number of nitrogens with one attached hydrogen (secondary N) is 1. The number of rotatable bonds is 9. The minimum Gasteiger partial charge on any atom is -0.548 e. The van der Waals surface area contributed by atoms with Gasteiger partial charge in [-0.15, -0.1) is 0 Å². The average Bonchev–Trinajstić information content (AvgIpc) is 2.52. The summed E-state index contributed by atoms with van der Waals surface area (Å²) in [4.78, 5) is 22.1. The zero-order valence-corrected chi connectivity index (χ0v) is 14.1. The Morgan fingerprint density at radius 3 is 2.04 bits per heavy atom. The second-order valence-electron chi connectivity index (χ2n) is 4.98. The van der Waals surface area contributed by atoms with Gasteiger partial charge in [0, 0.05) is 18.7 Å². The maximum absolute atomic E-state index is 12.5. The highest BCUT2D eigenvalue weighted by Crippen LogP contribution is 2.17. The molecule has 0 heterocycles. The Kier molecular flexibility index (Phi) is 7.18. The van der Waals surface area contributed by atoms with Gasteiger partial charge in [0.05, 0.1) is 17.4 Å². The lowest BCUT2D eigenvalue weighted by atomic mass is 10.2. The van der Waals surface area contributed by atoms with Crippen molar-refractivity contribution in [1.82, 2.24) is 9.62 Å². The maximum Gasteiger partial charge on any atom is 0.251 e. The molecule has 1 N–H and O–H groups in total. The highest BCUT2D eigenvalue weighted by molar-refractivity contribution is 7.89. The first-order chi connectivity index (χ1) is 10.8. The van der Waals surface area contributed by atoms with Gasteiger partial charge >= 0.3 is 0 Å². The Labute approximate surface area is 136 Å². The summed E-state index contributed by atoms with van der Waals surface area (Å²) in [6, 6.07) is 5.41. The van der Waals surface area contributed by atoms with Crippen LogP contribution in [0.4, 0.5) is 0 Å². The van der Waals surface area contributed by atoms with Crippen LogP contribution in [0.15, 0.2) is 29.2 Å².